The van der Waals surface area contributed by atoms with Gasteiger partial charge < -0.3 is 10.6 Å². The Labute approximate surface area is 130 Å². The van der Waals surface area contributed by atoms with Crippen molar-refractivity contribution in [3.05, 3.63) is 48.3 Å². The summed E-state index contributed by atoms with van der Waals surface area (Å²) in [6, 6.07) is 8.62. The molecule has 3 rings (SSSR count). The van der Waals surface area contributed by atoms with Crippen LogP contribution in [0, 0.1) is 12.8 Å². The van der Waals surface area contributed by atoms with Gasteiger partial charge in [-0.3, -0.25) is 0 Å². The summed E-state index contributed by atoms with van der Waals surface area (Å²) >= 11 is 1.77. The number of hydrogen-bond acceptors (Lipinski definition) is 4. The van der Waals surface area contributed by atoms with Gasteiger partial charge in [0.25, 0.3) is 0 Å². The number of hydrogen-bond donors (Lipinski definition) is 1. The van der Waals surface area contributed by atoms with Gasteiger partial charge in [-0.05, 0) is 25.3 Å². The molecule has 0 atom stereocenters. The van der Waals surface area contributed by atoms with Crippen molar-refractivity contribution in [1.82, 2.24) is 4.98 Å². The van der Waals surface area contributed by atoms with Crippen LogP contribution < -0.4 is 10.6 Å². The minimum Gasteiger partial charge on any atom is -0.402 e. The van der Waals surface area contributed by atoms with E-state index in [-0.39, 0.29) is 0 Å². The van der Waals surface area contributed by atoms with Gasteiger partial charge in [0.15, 0.2) is 5.13 Å². The summed E-state index contributed by atoms with van der Waals surface area (Å²) < 4.78 is 0. The maximum Gasteiger partial charge on any atom is 0.185 e. The lowest BCUT2D eigenvalue weighted by Gasteiger charge is -2.31. The molecule has 0 bridgehead atoms. The first-order chi connectivity index (χ1) is 10.1. The Morgan fingerprint density at radius 2 is 1.95 bits per heavy atom. The summed E-state index contributed by atoms with van der Waals surface area (Å²) in [5.74, 6) is 0.470. The van der Waals surface area contributed by atoms with Crippen LogP contribution in [-0.4, -0.2) is 18.1 Å². The first-order valence-electron chi connectivity index (χ1n) is 7.35. The summed E-state index contributed by atoms with van der Waals surface area (Å²) in [7, 11) is 0. The number of thiazole rings is 1. The first kappa shape index (κ1) is 14.1. The number of piperidine rings is 1. The van der Waals surface area contributed by atoms with Gasteiger partial charge >= 0.3 is 0 Å². The smallest absolute Gasteiger partial charge is 0.185 e. The topological polar surface area (TPSA) is 42.1 Å². The van der Waals surface area contributed by atoms with E-state index in [2.05, 4.69) is 47.7 Å². The van der Waals surface area contributed by atoms with Gasteiger partial charge in [-0.1, -0.05) is 47.7 Å². The molecular formula is C17H21N3S. The van der Waals surface area contributed by atoms with Crippen molar-refractivity contribution in [2.45, 2.75) is 19.8 Å². The Morgan fingerprint density at radius 3 is 2.57 bits per heavy atom. The quantitative estimate of drug-likeness (QED) is 0.937. The molecule has 2 N–H and O–H groups in total. The number of allylic oxidation sites excluding steroid dienone is 1. The van der Waals surface area contributed by atoms with E-state index in [0.29, 0.717) is 5.92 Å². The van der Waals surface area contributed by atoms with E-state index in [4.69, 9.17) is 5.73 Å². The van der Waals surface area contributed by atoms with Crippen LogP contribution in [0.4, 0.5) is 5.13 Å². The van der Waals surface area contributed by atoms with Crippen LogP contribution in [-0.2, 0) is 0 Å². The molecule has 2 aromatic rings. The van der Waals surface area contributed by atoms with E-state index in [0.717, 1.165) is 36.8 Å². The second kappa shape index (κ2) is 5.90. The van der Waals surface area contributed by atoms with Gasteiger partial charge in [-0.15, -0.1) is 0 Å². The highest BCUT2D eigenvalue weighted by Crippen LogP contribution is 2.33. The van der Waals surface area contributed by atoms with Crippen molar-refractivity contribution in [2.24, 2.45) is 11.7 Å². The molecule has 1 fully saturated rings. The van der Waals surface area contributed by atoms with Crippen molar-refractivity contribution < 1.29 is 0 Å². The zero-order valence-corrected chi connectivity index (χ0v) is 13.2. The highest BCUT2D eigenvalue weighted by molar-refractivity contribution is 7.18. The third kappa shape index (κ3) is 3.10. The molecular weight excluding hydrogens is 278 g/mol. The second-order valence-corrected chi connectivity index (χ2v) is 6.72. The molecule has 0 unspecified atom stereocenters. The van der Waals surface area contributed by atoms with Crippen molar-refractivity contribution >= 4 is 16.5 Å². The minimum atomic E-state index is 0.470. The molecule has 1 aromatic carbocycles. The average molecular weight is 299 g/mol. The molecule has 110 valence electrons. The van der Waals surface area contributed by atoms with Gasteiger partial charge in [-0.25, -0.2) is 4.98 Å². The predicted octanol–water partition coefficient (Wildman–Crippen LogP) is 3.81. The van der Waals surface area contributed by atoms with E-state index in [1.165, 1.54) is 16.0 Å². The van der Waals surface area contributed by atoms with Crippen LogP contribution >= 0.6 is 11.3 Å². The van der Waals surface area contributed by atoms with Crippen molar-refractivity contribution in [3.8, 4) is 10.4 Å². The molecule has 1 aliphatic rings. The molecule has 0 saturated carbocycles. The standard InChI is InChI=1S/C17H21N3S/c1-12-3-5-15(6-4-12)16-11-19-17(21-16)20-9-7-14(8-10-20)13(2)18/h3-6,11,14H,2,7-10,18H2,1H3. The molecule has 1 aromatic heterocycles. The van der Waals surface area contributed by atoms with Crippen LogP contribution in [0.5, 0.6) is 0 Å². The zero-order valence-electron chi connectivity index (χ0n) is 12.4. The van der Waals surface area contributed by atoms with Crippen LogP contribution in [0.15, 0.2) is 42.7 Å². The fourth-order valence-electron chi connectivity index (χ4n) is 2.70. The number of benzene rings is 1. The van der Waals surface area contributed by atoms with Crippen LogP contribution in [0.1, 0.15) is 18.4 Å². The summed E-state index contributed by atoms with van der Waals surface area (Å²) in [6.07, 6.45) is 4.14. The van der Waals surface area contributed by atoms with Crippen LogP contribution in [0.2, 0.25) is 0 Å². The molecule has 1 aliphatic heterocycles. The SMILES string of the molecule is C=C(N)C1CCN(c2ncc(-c3ccc(C)cc3)s2)CC1. The Morgan fingerprint density at radius 1 is 1.29 bits per heavy atom. The molecule has 0 amide bonds. The summed E-state index contributed by atoms with van der Waals surface area (Å²) in [5.41, 5.74) is 9.18. The number of nitrogens with two attached hydrogens (primary N) is 1. The van der Waals surface area contributed by atoms with Gasteiger partial charge in [0.1, 0.15) is 0 Å². The van der Waals surface area contributed by atoms with E-state index >= 15 is 0 Å². The monoisotopic (exact) mass is 299 g/mol. The molecule has 0 radical (unpaired) electrons. The number of aromatic nitrogens is 1. The third-order valence-electron chi connectivity index (χ3n) is 4.12. The van der Waals surface area contributed by atoms with E-state index < -0.39 is 0 Å². The minimum absolute atomic E-state index is 0.470. The maximum absolute atomic E-state index is 5.82. The highest BCUT2D eigenvalue weighted by atomic mass is 32.1. The molecule has 4 heteroatoms. The molecule has 0 aliphatic carbocycles. The van der Waals surface area contributed by atoms with Crippen LogP contribution in [0.25, 0.3) is 10.4 Å². The Hall–Kier alpha value is -1.81. The third-order valence-corrected chi connectivity index (χ3v) is 5.23. The largest absolute Gasteiger partial charge is 0.402 e. The molecule has 2 heterocycles. The normalized spacial score (nSPS) is 16.1. The summed E-state index contributed by atoms with van der Waals surface area (Å²) in [6.45, 7) is 8.01. The molecule has 21 heavy (non-hydrogen) atoms. The van der Waals surface area contributed by atoms with Gasteiger partial charge in [0.2, 0.25) is 0 Å². The van der Waals surface area contributed by atoms with Gasteiger partial charge in [-0.2, -0.15) is 0 Å². The van der Waals surface area contributed by atoms with Crippen molar-refractivity contribution in [2.75, 3.05) is 18.0 Å². The van der Waals surface area contributed by atoms with Gasteiger partial charge in [0, 0.05) is 30.9 Å². The Bertz CT molecular complexity index is 622. The average Bonchev–Trinajstić information content (AvgIpc) is 2.98. The number of rotatable bonds is 3. The fourth-order valence-corrected chi connectivity index (χ4v) is 3.68. The Kier molecular flexibility index (Phi) is 3.97. The predicted molar refractivity (Wildman–Crippen MR) is 90.6 cm³/mol. The van der Waals surface area contributed by atoms with Crippen LogP contribution in [0.3, 0.4) is 0 Å². The van der Waals surface area contributed by atoms with Crippen molar-refractivity contribution in [1.29, 1.82) is 0 Å². The maximum atomic E-state index is 5.82. The zero-order chi connectivity index (χ0) is 14.8. The van der Waals surface area contributed by atoms with E-state index in [1.54, 1.807) is 11.3 Å². The van der Waals surface area contributed by atoms with E-state index in [9.17, 15) is 0 Å². The fraction of sp³-hybridized carbons (Fsp3) is 0.353. The molecule has 1 saturated heterocycles. The number of anilines is 1. The lowest BCUT2D eigenvalue weighted by atomic mass is 9.95. The van der Waals surface area contributed by atoms with Gasteiger partial charge in [0.05, 0.1) is 4.88 Å². The summed E-state index contributed by atoms with van der Waals surface area (Å²) in [4.78, 5) is 8.19. The van der Waals surface area contributed by atoms with E-state index in [1.807, 2.05) is 6.20 Å². The lowest BCUT2D eigenvalue weighted by molar-refractivity contribution is 0.456. The second-order valence-electron chi connectivity index (χ2n) is 5.71. The Balaban J connectivity index is 1.71. The lowest BCUT2D eigenvalue weighted by Crippen LogP contribution is -2.35. The van der Waals surface area contributed by atoms with Crippen molar-refractivity contribution in [3.63, 3.8) is 0 Å². The summed E-state index contributed by atoms with van der Waals surface area (Å²) in [5, 5.41) is 1.12. The number of nitrogens with zero attached hydrogens (tertiary/aromatic N) is 2. The molecule has 3 nitrogen and oxygen atoms in total. The first-order valence-corrected chi connectivity index (χ1v) is 8.17. The molecule has 0 spiro atoms. The number of aryl methyl sites for hydroxylation is 1. The highest BCUT2D eigenvalue weighted by Gasteiger charge is 2.22.